The van der Waals surface area contributed by atoms with Crippen LogP contribution in [0.5, 0.6) is 0 Å². The molecular weight excluding hydrogens is 128 g/mol. The fraction of sp³-hybridized carbons (Fsp3) is 0.625. The number of carbonyl (C=O) groups excluding carboxylic acids is 1. The lowest BCUT2D eigenvalue weighted by atomic mass is 10.1. The Morgan fingerprint density at radius 1 is 1.80 bits per heavy atom. The average Bonchev–Trinajstić information content (AvgIpc) is 1.87. The van der Waals surface area contributed by atoms with Crippen LogP contribution >= 0.6 is 0 Å². The smallest absolute Gasteiger partial charge is 0.129 e. The molecule has 0 bridgehead atoms. The Morgan fingerprint density at radius 3 is 2.80 bits per heavy atom. The molecule has 10 heavy (non-hydrogen) atoms. The molecule has 0 heterocycles. The fourth-order valence-electron chi connectivity index (χ4n) is 0.628. The molecule has 0 fully saturated rings. The summed E-state index contributed by atoms with van der Waals surface area (Å²) in [6.45, 7) is 1.53. The molecule has 0 saturated heterocycles. The maximum atomic E-state index is 10.4. The van der Waals surface area contributed by atoms with Crippen molar-refractivity contribution in [1.29, 1.82) is 0 Å². The van der Waals surface area contributed by atoms with Crippen LogP contribution in [-0.2, 0) is 4.79 Å². The third-order valence-corrected chi connectivity index (χ3v) is 1.20. The first kappa shape index (κ1) is 9.19. The van der Waals surface area contributed by atoms with E-state index >= 15 is 0 Å². The number of aliphatic hydroxyl groups excluding tert-OH is 1. The molecule has 1 N–H and O–H groups in total. The summed E-state index contributed by atoms with van der Waals surface area (Å²) in [5, 5.41) is 8.82. The number of Topliss-reactive ketones (excluding diaryl/α,β-unsaturated/α-hetero) is 1. The second-order valence-corrected chi connectivity index (χ2v) is 2.28. The highest BCUT2D eigenvalue weighted by molar-refractivity contribution is 5.75. The third-order valence-electron chi connectivity index (χ3n) is 1.20. The zero-order chi connectivity index (χ0) is 7.98. The van der Waals surface area contributed by atoms with E-state index < -0.39 is 6.10 Å². The Bertz CT molecular complexity index is 144. The molecule has 0 spiro atoms. The number of carbonyl (C=O) groups is 1. The minimum atomic E-state index is -0.681. The largest absolute Gasteiger partial charge is 0.380 e. The summed E-state index contributed by atoms with van der Waals surface area (Å²) in [5.41, 5.74) is 0. The van der Waals surface area contributed by atoms with E-state index in [1.54, 1.807) is 0 Å². The number of terminal acetylenes is 1. The lowest BCUT2D eigenvalue weighted by molar-refractivity contribution is -0.117. The molecule has 0 amide bonds. The van der Waals surface area contributed by atoms with Gasteiger partial charge in [0, 0.05) is 6.42 Å². The van der Waals surface area contributed by atoms with Crippen molar-refractivity contribution in [3.63, 3.8) is 0 Å². The first-order valence-corrected chi connectivity index (χ1v) is 3.30. The molecule has 2 heteroatoms. The highest BCUT2D eigenvalue weighted by Gasteiger charge is 1.99. The number of ketones is 1. The van der Waals surface area contributed by atoms with E-state index in [-0.39, 0.29) is 5.78 Å². The molecule has 0 aliphatic heterocycles. The molecule has 0 unspecified atom stereocenters. The molecule has 0 aliphatic rings. The molecule has 1 atom stereocenters. The van der Waals surface area contributed by atoms with Crippen molar-refractivity contribution in [3.05, 3.63) is 0 Å². The topological polar surface area (TPSA) is 37.3 Å². The van der Waals surface area contributed by atoms with Gasteiger partial charge in [-0.15, -0.1) is 6.42 Å². The maximum absolute atomic E-state index is 10.4. The minimum absolute atomic E-state index is 0.143. The monoisotopic (exact) mass is 140 g/mol. The van der Waals surface area contributed by atoms with Gasteiger partial charge in [-0.1, -0.05) is 5.92 Å². The van der Waals surface area contributed by atoms with Crippen LogP contribution in [0.15, 0.2) is 0 Å². The molecule has 2 nitrogen and oxygen atoms in total. The van der Waals surface area contributed by atoms with Gasteiger partial charge in [-0.3, -0.25) is 0 Å². The van der Waals surface area contributed by atoms with E-state index in [0.717, 1.165) is 0 Å². The highest BCUT2D eigenvalue weighted by atomic mass is 16.3. The van der Waals surface area contributed by atoms with Crippen LogP contribution in [-0.4, -0.2) is 17.0 Å². The van der Waals surface area contributed by atoms with Crippen LogP contribution in [0.1, 0.15) is 26.2 Å². The van der Waals surface area contributed by atoms with Crippen LogP contribution in [0.2, 0.25) is 0 Å². The van der Waals surface area contributed by atoms with Gasteiger partial charge < -0.3 is 9.90 Å². The summed E-state index contributed by atoms with van der Waals surface area (Å²) in [6.07, 6.45) is 5.94. The van der Waals surface area contributed by atoms with Crippen LogP contribution in [0.4, 0.5) is 0 Å². The first-order valence-electron chi connectivity index (χ1n) is 3.30. The quantitative estimate of drug-likeness (QED) is 0.585. The SMILES string of the molecule is C#C[C@@H](O)CCCC(C)=O. The Hall–Kier alpha value is -0.810. The molecule has 0 aliphatic carbocycles. The summed E-state index contributed by atoms with van der Waals surface area (Å²) in [6, 6.07) is 0. The molecule has 0 saturated carbocycles. The Kier molecular flexibility index (Phi) is 4.61. The van der Waals surface area contributed by atoms with Gasteiger partial charge in [0.1, 0.15) is 11.9 Å². The van der Waals surface area contributed by atoms with Gasteiger partial charge in [0.15, 0.2) is 0 Å². The van der Waals surface area contributed by atoms with Crippen LogP contribution in [0.25, 0.3) is 0 Å². The summed E-state index contributed by atoms with van der Waals surface area (Å²) in [4.78, 5) is 10.4. The Balaban J connectivity index is 3.22. The van der Waals surface area contributed by atoms with Gasteiger partial charge in [-0.2, -0.15) is 0 Å². The maximum Gasteiger partial charge on any atom is 0.129 e. The molecule has 0 aromatic rings. The predicted octanol–water partition coefficient (Wildman–Crippen LogP) is 0.740. The van der Waals surface area contributed by atoms with Gasteiger partial charge in [0.2, 0.25) is 0 Å². The lowest BCUT2D eigenvalue weighted by Crippen LogP contribution is -2.02. The van der Waals surface area contributed by atoms with Crippen molar-refractivity contribution in [2.24, 2.45) is 0 Å². The standard InChI is InChI=1S/C8H12O2/c1-3-8(10)6-4-5-7(2)9/h1,8,10H,4-6H2,2H3/t8-/m1/s1. The molecule has 0 aromatic heterocycles. The van der Waals surface area contributed by atoms with Gasteiger partial charge in [-0.05, 0) is 19.8 Å². The zero-order valence-electron chi connectivity index (χ0n) is 6.13. The Labute approximate surface area is 61.2 Å². The Morgan fingerprint density at radius 2 is 2.40 bits per heavy atom. The number of aliphatic hydroxyl groups is 1. The van der Waals surface area contributed by atoms with E-state index in [2.05, 4.69) is 5.92 Å². The average molecular weight is 140 g/mol. The molecule has 56 valence electrons. The van der Waals surface area contributed by atoms with Crippen molar-refractivity contribution in [2.45, 2.75) is 32.3 Å². The van der Waals surface area contributed by atoms with Crippen LogP contribution in [0.3, 0.4) is 0 Å². The van der Waals surface area contributed by atoms with Crippen molar-refractivity contribution in [1.82, 2.24) is 0 Å². The van der Waals surface area contributed by atoms with Gasteiger partial charge in [0.05, 0.1) is 0 Å². The minimum Gasteiger partial charge on any atom is -0.380 e. The molecule has 0 aromatic carbocycles. The molecule has 0 radical (unpaired) electrons. The summed E-state index contributed by atoms with van der Waals surface area (Å²) >= 11 is 0. The van der Waals surface area contributed by atoms with Crippen molar-refractivity contribution in [2.75, 3.05) is 0 Å². The number of rotatable bonds is 4. The summed E-state index contributed by atoms with van der Waals surface area (Å²) < 4.78 is 0. The van der Waals surface area contributed by atoms with Crippen LogP contribution < -0.4 is 0 Å². The first-order chi connectivity index (χ1) is 4.66. The normalized spacial score (nSPS) is 12.1. The number of hydrogen-bond acceptors (Lipinski definition) is 2. The highest BCUT2D eigenvalue weighted by Crippen LogP contribution is 1.99. The predicted molar refractivity (Wildman–Crippen MR) is 39.4 cm³/mol. The van der Waals surface area contributed by atoms with Gasteiger partial charge in [-0.25, -0.2) is 0 Å². The summed E-state index contributed by atoms with van der Waals surface area (Å²) in [5.74, 6) is 2.33. The lowest BCUT2D eigenvalue weighted by Gasteiger charge is -1.99. The van der Waals surface area contributed by atoms with E-state index in [1.807, 2.05) is 0 Å². The van der Waals surface area contributed by atoms with E-state index in [4.69, 9.17) is 11.5 Å². The second-order valence-electron chi connectivity index (χ2n) is 2.28. The van der Waals surface area contributed by atoms with Crippen LogP contribution in [0, 0.1) is 12.3 Å². The molecule has 0 rings (SSSR count). The van der Waals surface area contributed by atoms with Crippen molar-refractivity contribution >= 4 is 5.78 Å². The number of hydrogen-bond donors (Lipinski definition) is 1. The zero-order valence-corrected chi connectivity index (χ0v) is 6.13. The fourth-order valence-corrected chi connectivity index (χ4v) is 0.628. The summed E-state index contributed by atoms with van der Waals surface area (Å²) in [7, 11) is 0. The van der Waals surface area contributed by atoms with Crippen molar-refractivity contribution in [3.8, 4) is 12.3 Å². The van der Waals surface area contributed by atoms with Gasteiger partial charge >= 0.3 is 0 Å². The molecular formula is C8H12O2. The van der Waals surface area contributed by atoms with E-state index in [9.17, 15) is 4.79 Å². The van der Waals surface area contributed by atoms with E-state index in [1.165, 1.54) is 6.92 Å². The van der Waals surface area contributed by atoms with E-state index in [0.29, 0.717) is 19.3 Å². The van der Waals surface area contributed by atoms with Crippen molar-refractivity contribution < 1.29 is 9.90 Å². The van der Waals surface area contributed by atoms with Gasteiger partial charge in [0.25, 0.3) is 0 Å². The third kappa shape index (κ3) is 5.33. The second kappa shape index (κ2) is 5.01.